The Hall–Kier alpha value is -3.33. The predicted molar refractivity (Wildman–Crippen MR) is 99.7 cm³/mol. The lowest BCUT2D eigenvalue weighted by molar-refractivity contribution is -0.139. The van der Waals surface area contributed by atoms with Crippen LogP contribution in [0.25, 0.3) is 0 Å². The molecule has 0 radical (unpaired) electrons. The van der Waals surface area contributed by atoms with E-state index in [0.29, 0.717) is 29.0 Å². The highest BCUT2D eigenvalue weighted by molar-refractivity contribution is 6.03. The molecular formula is C19H21N3O6. The molecule has 2 heterocycles. The summed E-state index contributed by atoms with van der Waals surface area (Å²) >= 11 is 0. The number of aliphatic carboxylic acids is 1. The summed E-state index contributed by atoms with van der Waals surface area (Å²) in [5.41, 5.74) is 7.33. The van der Waals surface area contributed by atoms with Crippen molar-refractivity contribution in [3.05, 3.63) is 47.2 Å². The molecule has 9 heteroatoms. The summed E-state index contributed by atoms with van der Waals surface area (Å²) in [6.45, 7) is 1.24. The zero-order valence-electron chi connectivity index (χ0n) is 15.5. The van der Waals surface area contributed by atoms with Crippen LogP contribution in [0.2, 0.25) is 0 Å². The Kier molecular flexibility index (Phi) is 5.36. The summed E-state index contributed by atoms with van der Waals surface area (Å²) < 4.78 is 11.0. The summed E-state index contributed by atoms with van der Waals surface area (Å²) in [6, 6.07) is 3.00. The van der Waals surface area contributed by atoms with Crippen LogP contribution in [0.5, 0.6) is 5.75 Å². The molecule has 2 atom stereocenters. The molecule has 0 bridgehead atoms. The maximum Gasteiger partial charge on any atom is 0.341 e. The van der Waals surface area contributed by atoms with E-state index in [4.69, 9.17) is 20.3 Å². The number of hydrogen-bond donors (Lipinski definition) is 3. The molecule has 2 aliphatic rings. The number of allylic oxidation sites excluding steroid dienone is 1. The fourth-order valence-electron chi connectivity index (χ4n) is 3.35. The van der Waals surface area contributed by atoms with Gasteiger partial charge in [0.15, 0.2) is 6.61 Å². The highest BCUT2D eigenvalue weighted by Gasteiger charge is 2.40. The van der Waals surface area contributed by atoms with Gasteiger partial charge in [0.25, 0.3) is 5.91 Å². The second kappa shape index (κ2) is 7.73. The first-order chi connectivity index (χ1) is 13.3. The Morgan fingerprint density at radius 3 is 2.82 bits per heavy atom. The van der Waals surface area contributed by atoms with E-state index < -0.39 is 24.7 Å². The molecule has 2 aliphatic heterocycles. The van der Waals surface area contributed by atoms with Crippen LogP contribution < -0.4 is 15.8 Å². The van der Waals surface area contributed by atoms with Crippen molar-refractivity contribution in [2.75, 3.05) is 19.0 Å². The molecule has 0 aromatic heterocycles. The number of primary amides is 1. The largest absolute Gasteiger partial charge is 0.479 e. The SMILES string of the molecule is COC1Nc2c(ccc(C)c2OCC(=O)O)C(=O)N2C=C(C=CC(N)=O)CC12. The van der Waals surface area contributed by atoms with Gasteiger partial charge in [0.1, 0.15) is 12.0 Å². The Morgan fingerprint density at radius 1 is 1.43 bits per heavy atom. The van der Waals surface area contributed by atoms with Gasteiger partial charge in [-0.05, 0) is 30.5 Å². The van der Waals surface area contributed by atoms with Crippen molar-refractivity contribution >= 4 is 23.5 Å². The Bertz CT molecular complexity index is 892. The number of carboxylic acids is 1. The Balaban J connectivity index is 2.02. The van der Waals surface area contributed by atoms with Crippen LogP contribution in [0.15, 0.2) is 36.1 Å². The number of carbonyl (C=O) groups excluding carboxylic acids is 2. The number of nitrogens with two attached hydrogens (primary N) is 1. The summed E-state index contributed by atoms with van der Waals surface area (Å²) in [7, 11) is 1.51. The Labute approximate surface area is 161 Å². The first-order valence-electron chi connectivity index (χ1n) is 8.60. The van der Waals surface area contributed by atoms with Crippen LogP contribution in [0.1, 0.15) is 22.3 Å². The van der Waals surface area contributed by atoms with Gasteiger partial charge in [-0.3, -0.25) is 9.59 Å². The number of aryl methyl sites for hydroxylation is 1. The molecular weight excluding hydrogens is 366 g/mol. The van der Waals surface area contributed by atoms with Crippen molar-refractivity contribution in [2.24, 2.45) is 5.73 Å². The minimum Gasteiger partial charge on any atom is -0.479 e. The third kappa shape index (κ3) is 3.70. The number of anilines is 1. The number of nitrogens with zero attached hydrogens (tertiary/aromatic N) is 1. The number of amides is 2. The van der Waals surface area contributed by atoms with Crippen LogP contribution >= 0.6 is 0 Å². The molecule has 9 nitrogen and oxygen atoms in total. The average Bonchev–Trinajstić information content (AvgIpc) is 3.03. The molecule has 3 rings (SSSR count). The quantitative estimate of drug-likeness (QED) is 0.621. The summed E-state index contributed by atoms with van der Waals surface area (Å²) in [5.74, 6) is -1.67. The minimum absolute atomic E-state index is 0.283. The average molecular weight is 387 g/mol. The van der Waals surface area contributed by atoms with Crippen molar-refractivity contribution in [3.63, 3.8) is 0 Å². The Morgan fingerprint density at radius 2 is 2.18 bits per heavy atom. The molecule has 0 saturated carbocycles. The number of hydrogen-bond acceptors (Lipinski definition) is 6. The van der Waals surface area contributed by atoms with E-state index in [-0.39, 0.29) is 11.9 Å². The zero-order valence-corrected chi connectivity index (χ0v) is 15.5. The molecule has 0 aliphatic carbocycles. The van der Waals surface area contributed by atoms with E-state index in [1.54, 1.807) is 36.2 Å². The maximum absolute atomic E-state index is 13.2. The van der Waals surface area contributed by atoms with Crippen molar-refractivity contribution in [1.82, 2.24) is 4.90 Å². The molecule has 0 spiro atoms. The van der Waals surface area contributed by atoms with Crippen LogP contribution in [-0.2, 0) is 14.3 Å². The van der Waals surface area contributed by atoms with Crippen LogP contribution in [-0.4, -0.2) is 53.8 Å². The van der Waals surface area contributed by atoms with Crippen molar-refractivity contribution < 1.29 is 29.0 Å². The van der Waals surface area contributed by atoms with Gasteiger partial charge >= 0.3 is 5.97 Å². The fraction of sp³-hybridized carbons (Fsp3) is 0.316. The third-order valence-corrected chi connectivity index (χ3v) is 4.62. The van der Waals surface area contributed by atoms with Crippen LogP contribution in [0, 0.1) is 6.92 Å². The second-order valence-electron chi connectivity index (χ2n) is 6.54. The predicted octanol–water partition coefficient (Wildman–Crippen LogP) is 0.996. The van der Waals surface area contributed by atoms with E-state index in [1.165, 1.54) is 13.2 Å². The van der Waals surface area contributed by atoms with Gasteiger partial charge in [0, 0.05) is 19.4 Å². The lowest BCUT2D eigenvalue weighted by Crippen LogP contribution is -2.43. The summed E-state index contributed by atoms with van der Waals surface area (Å²) in [4.78, 5) is 36.6. The monoisotopic (exact) mass is 387 g/mol. The van der Waals surface area contributed by atoms with E-state index in [9.17, 15) is 14.4 Å². The van der Waals surface area contributed by atoms with Gasteiger partial charge in [-0.15, -0.1) is 0 Å². The smallest absolute Gasteiger partial charge is 0.341 e. The standard InChI is InChI=1S/C19H21N3O6/c1-10-3-5-12-16(17(10)28-9-15(24)25)21-18(27-2)13-7-11(4-6-14(20)23)8-22(13)19(12)26/h3-6,8,13,18,21H,7,9H2,1-2H3,(H2,20,23)(H,24,25). The second-order valence-corrected chi connectivity index (χ2v) is 6.54. The van der Waals surface area contributed by atoms with E-state index in [0.717, 1.165) is 5.57 Å². The maximum atomic E-state index is 13.2. The number of carboxylic acid groups (broad SMARTS) is 1. The van der Waals surface area contributed by atoms with Gasteiger partial charge in [0.2, 0.25) is 5.91 Å². The van der Waals surface area contributed by atoms with Crippen LogP contribution in [0.3, 0.4) is 0 Å². The molecule has 2 unspecified atom stereocenters. The fourth-order valence-corrected chi connectivity index (χ4v) is 3.35. The number of fused-ring (bicyclic) bond motifs is 2. The van der Waals surface area contributed by atoms with Gasteiger partial charge in [-0.2, -0.15) is 0 Å². The van der Waals surface area contributed by atoms with Crippen LogP contribution in [0.4, 0.5) is 5.69 Å². The highest BCUT2D eigenvalue weighted by atomic mass is 16.5. The van der Waals surface area contributed by atoms with Crippen molar-refractivity contribution in [1.29, 1.82) is 0 Å². The molecule has 2 amide bonds. The summed E-state index contributed by atoms with van der Waals surface area (Å²) in [6.07, 6.45) is 4.36. The number of ether oxygens (including phenoxy) is 2. The van der Waals surface area contributed by atoms with E-state index in [1.807, 2.05) is 0 Å². The first kappa shape index (κ1) is 19.4. The number of benzene rings is 1. The molecule has 1 aromatic carbocycles. The molecule has 4 N–H and O–H groups in total. The van der Waals surface area contributed by atoms with Crippen molar-refractivity contribution in [2.45, 2.75) is 25.6 Å². The molecule has 1 aromatic rings. The lowest BCUT2D eigenvalue weighted by atomic mass is 10.1. The van der Waals surface area contributed by atoms with E-state index >= 15 is 0 Å². The minimum atomic E-state index is -1.12. The number of carbonyl (C=O) groups is 3. The van der Waals surface area contributed by atoms with Gasteiger partial charge in [-0.1, -0.05) is 12.1 Å². The summed E-state index contributed by atoms with van der Waals surface area (Å²) in [5, 5.41) is 12.1. The normalized spacial score (nSPS) is 20.9. The molecule has 0 fully saturated rings. The molecule has 0 saturated heterocycles. The topological polar surface area (TPSA) is 131 Å². The third-order valence-electron chi connectivity index (χ3n) is 4.62. The van der Waals surface area contributed by atoms with Gasteiger partial charge < -0.3 is 30.5 Å². The van der Waals surface area contributed by atoms with Crippen molar-refractivity contribution in [3.8, 4) is 5.75 Å². The zero-order chi connectivity index (χ0) is 20.4. The molecule has 28 heavy (non-hydrogen) atoms. The molecule has 148 valence electrons. The highest BCUT2D eigenvalue weighted by Crippen LogP contribution is 2.39. The lowest BCUT2D eigenvalue weighted by Gasteiger charge is -2.27. The first-order valence-corrected chi connectivity index (χ1v) is 8.60. The number of rotatable bonds is 6. The van der Waals surface area contributed by atoms with Gasteiger partial charge in [-0.25, -0.2) is 4.79 Å². The van der Waals surface area contributed by atoms with E-state index in [2.05, 4.69) is 5.32 Å². The van der Waals surface area contributed by atoms with Gasteiger partial charge in [0.05, 0.1) is 17.3 Å². The number of methoxy groups -OCH3 is 1. The number of nitrogens with one attached hydrogen (secondary N) is 1.